The lowest BCUT2D eigenvalue weighted by molar-refractivity contribution is -0.126. The third-order valence-electron chi connectivity index (χ3n) is 6.28. The number of piperidine rings is 1. The summed E-state index contributed by atoms with van der Waals surface area (Å²) in [5.41, 5.74) is 0.757. The molecule has 1 saturated heterocycles. The lowest BCUT2D eigenvalue weighted by atomic mass is 9.99. The first-order valence-electron chi connectivity index (χ1n) is 11.4. The van der Waals surface area contributed by atoms with Crippen LogP contribution in [0.1, 0.15) is 18.4 Å². The molecular formula is C25H29N3O5S2. The number of carbonyl (C=O) groups is 1. The number of nitrogens with zero attached hydrogens (tertiary/aromatic N) is 2. The van der Waals surface area contributed by atoms with Crippen LogP contribution in [0.15, 0.2) is 76.5 Å². The molecule has 0 unspecified atom stereocenters. The second-order valence-electron chi connectivity index (χ2n) is 8.86. The molecule has 0 bridgehead atoms. The molecule has 0 saturated carbocycles. The van der Waals surface area contributed by atoms with Gasteiger partial charge in [0.1, 0.15) is 0 Å². The summed E-state index contributed by atoms with van der Waals surface area (Å²) in [6.45, 7) is 0.733. The van der Waals surface area contributed by atoms with Crippen molar-refractivity contribution in [3.05, 3.63) is 72.3 Å². The van der Waals surface area contributed by atoms with Crippen LogP contribution in [-0.4, -0.2) is 58.5 Å². The molecule has 1 amide bonds. The van der Waals surface area contributed by atoms with Gasteiger partial charge in [0, 0.05) is 33.7 Å². The predicted molar refractivity (Wildman–Crippen MR) is 135 cm³/mol. The minimum absolute atomic E-state index is 0.126. The van der Waals surface area contributed by atoms with Crippen LogP contribution < -0.4 is 5.32 Å². The van der Waals surface area contributed by atoms with E-state index >= 15 is 0 Å². The van der Waals surface area contributed by atoms with Gasteiger partial charge in [0.25, 0.3) is 0 Å². The van der Waals surface area contributed by atoms with Gasteiger partial charge in [-0.15, -0.1) is 0 Å². The van der Waals surface area contributed by atoms with Gasteiger partial charge in [-0.1, -0.05) is 42.5 Å². The summed E-state index contributed by atoms with van der Waals surface area (Å²) < 4.78 is 53.5. The van der Waals surface area contributed by atoms with E-state index in [2.05, 4.69) is 5.32 Å². The molecule has 0 radical (unpaired) electrons. The molecule has 0 aromatic heterocycles. The Morgan fingerprint density at radius 1 is 0.943 bits per heavy atom. The molecule has 1 N–H and O–H groups in total. The number of rotatable bonds is 7. The molecule has 1 aliphatic rings. The number of nitrogens with one attached hydrogen (secondary N) is 1. The standard InChI is InChI=1S/C25H29N3O5S2/c1-27(2)34(30,31)23-12-9-19(10-13-23)17-26-25(29)22-8-5-15-28(18-22)35(32,33)24-14-11-20-6-3-4-7-21(20)16-24/h3-4,6-7,9-14,16,22H,5,8,15,17-18H2,1-2H3,(H,26,29)/t22-/m0/s1. The number of carbonyl (C=O) groups excluding carboxylic acids is 1. The predicted octanol–water partition coefficient (Wildman–Crippen LogP) is 2.81. The Hall–Kier alpha value is -2.79. The quantitative estimate of drug-likeness (QED) is 0.521. The van der Waals surface area contributed by atoms with Gasteiger partial charge >= 0.3 is 0 Å². The van der Waals surface area contributed by atoms with Crippen LogP contribution in [-0.2, 0) is 31.4 Å². The van der Waals surface area contributed by atoms with E-state index in [-0.39, 0.29) is 28.8 Å². The van der Waals surface area contributed by atoms with Crippen molar-refractivity contribution in [3.63, 3.8) is 0 Å². The molecule has 3 aromatic rings. The van der Waals surface area contributed by atoms with Crippen LogP contribution in [0.5, 0.6) is 0 Å². The van der Waals surface area contributed by atoms with Gasteiger partial charge in [0.05, 0.1) is 15.7 Å². The largest absolute Gasteiger partial charge is 0.352 e. The number of fused-ring (bicyclic) bond motifs is 1. The van der Waals surface area contributed by atoms with Crippen LogP contribution in [0.3, 0.4) is 0 Å². The highest BCUT2D eigenvalue weighted by molar-refractivity contribution is 7.89. The topological polar surface area (TPSA) is 104 Å². The molecule has 1 heterocycles. The highest BCUT2D eigenvalue weighted by Gasteiger charge is 2.33. The second-order valence-corrected chi connectivity index (χ2v) is 13.0. The van der Waals surface area contributed by atoms with E-state index in [4.69, 9.17) is 0 Å². The van der Waals surface area contributed by atoms with E-state index in [0.717, 1.165) is 20.6 Å². The fourth-order valence-electron chi connectivity index (χ4n) is 4.18. The first-order valence-corrected chi connectivity index (χ1v) is 14.3. The summed E-state index contributed by atoms with van der Waals surface area (Å²) in [4.78, 5) is 13.2. The minimum atomic E-state index is -3.72. The fourth-order valence-corrected chi connectivity index (χ4v) is 6.64. The van der Waals surface area contributed by atoms with E-state index in [1.54, 1.807) is 30.3 Å². The lowest BCUT2D eigenvalue weighted by Crippen LogP contribution is -2.45. The maximum absolute atomic E-state index is 13.3. The number of benzene rings is 3. The number of hydrogen-bond acceptors (Lipinski definition) is 5. The van der Waals surface area contributed by atoms with Crippen LogP contribution in [0.2, 0.25) is 0 Å². The van der Waals surface area contributed by atoms with Gasteiger partial charge in [0.2, 0.25) is 26.0 Å². The van der Waals surface area contributed by atoms with Crippen molar-refractivity contribution in [3.8, 4) is 0 Å². The number of amides is 1. The molecule has 3 aromatic carbocycles. The van der Waals surface area contributed by atoms with Crippen molar-refractivity contribution >= 4 is 36.7 Å². The smallest absolute Gasteiger partial charge is 0.243 e. The Morgan fingerprint density at radius 3 is 2.29 bits per heavy atom. The maximum atomic E-state index is 13.3. The van der Waals surface area contributed by atoms with Crippen LogP contribution in [0.25, 0.3) is 10.8 Å². The summed E-state index contributed by atoms with van der Waals surface area (Å²) in [5, 5.41) is 4.68. The van der Waals surface area contributed by atoms with Gasteiger partial charge in [0.15, 0.2) is 0 Å². The molecule has 0 aliphatic carbocycles. The zero-order chi connectivity index (χ0) is 25.2. The highest BCUT2D eigenvalue weighted by Crippen LogP contribution is 2.26. The van der Waals surface area contributed by atoms with E-state index < -0.39 is 26.0 Å². The molecule has 1 fully saturated rings. The van der Waals surface area contributed by atoms with Gasteiger partial charge in [-0.25, -0.2) is 21.1 Å². The van der Waals surface area contributed by atoms with Crippen molar-refractivity contribution in [1.29, 1.82) is 0 Å². The van der Waals surface area contributed by atoms with Crippen molar-refractivity contribution in [1.82, 2.24) is 13.9 Å². The van der Waals surface area contributed by atoms with E-state index in [1.165, 1.54) is 30.5 Å². The monoisotopic (exact) mass is 515 g/mol. The minimum Gasteiger partial charge on any atom is -0.352 e. The van der Waals surface area contributed by atoms with Gasteiger partial charge < -0.3 is 5.32 Å². The first-order chi connectivity index (χ1) is 16.6. The third kappa shape index (κ3) is 5.40. The average molecular weight is 516 g/mol. The summed E-state index contributed by atoms with van der Waals surface area (Å²) in [5.74, 6) is -0.666. The molecule has 1 aliphatic heterocycles. The van der Waals surface area contributed by atoms with Crippen molar-refractivity contribution in [2.75, 3.05) is 27.2 Å². The van der Waals surface area contributed by atoms with Gasteiger partial charge in [-0.2, -0.15) is 4.31 Å². The molecule has 8 nitrogen and oxygen atoms in total. The normalized spacial score (nSPS) is 17.5. The summed E-state index contributed by atoms with van der Waals surface area (Å²) in [7, 11) is -4.30. The van der Waals surface area contributed by atoms with Gasteiger partial charge in [-0.3, -0.25) is 4.79 Å². The number of sulfonamides is 2. The zero-order valence-corrected chi connectivity index (χ0v) is 21.3. The van der Waals surface area contributed by atoms with Gasteiger partial charge in [-0.05, 0) is 53.4 Å². The Balaban J connectivity index is 1.40. The molecule has 186 valence electrons. The van der Waals surface area contributed by atoms with Crippen molar-refractivity contribution in [2.45, 2.75) is 29.2 Å². The van der Waals surface area contributed by atoms with Crippen LogP contribution >= 0.6 is 0 Å². The second kappa shape index (κ2) is 10.1. The Bertz CT molecular complexity index is 1440. The Kier molecular flexibility index (Phi) is 7.27. The highest BCUT2D eigenvalue weighted by atomic mass is 32.2. The SMILES string of the molecule is CN(C)S(=O)(=O)c1ccc(CNC(=O)[C@H]2CCCN(S(=O)(=O)c3ccc4ccccc4c3)C2)cc1. The number of hydrogen-bond donors (Lipinski definition) is 1. The molecule has 0 spiro atoms. The summed E-state index contributed by atoms with van der Waals surface area (Å²) in [6.07, 6.45) is 1.21. The maximum Gasteiger partial charge on any atom is 0.243 e. The third-order valence-corrected chi connectivity index (χ3v) is 9.97. The molecular weight excluding hydrogens is 486 g/mol. The van der Waals surface area contributed by atoms with Crippen molar-refractivity contribution in [2.24, 2.45) is 5.92 Å². The molecule has 4 rings (SSSR count). The fraction of sp³-hybridized carbons (Fsp3) is 0.320. The average Bonchev–Trinajstić information content (AvgIpc) is 2.87. The van der Waals surface area contributed by atoms with Crippen molar-refractivity contribution < 1.29 is 21.6 Å². The molecule has 35 heavy (non-hydrogen) atoms. The Labute approximate surface area is 206 Å². The molecule has 10 heteroatoms. The van der Waals surface area contributed by atoms with E-state index in [9.17, 15) is 21.6 Å². The van der Waals surface area contributed by atoms with E-state index in [1.807, 2.05) is 24.3 Å². The summed E-state index contributed by atoms with van der Waals surface area (Å²) in [6, 6.07) is 19.0. The molecule has 1 atom stereocenters. The Morgan fingerprint density at radius 2 is 1.60 bits per heavy atom. The first kappa shape index (κ1) is 25.3. The van der Waals surface area contributed by atoms with Crippen LogP contribution in [0.4, 0.5) is 0 Å². The lowest BCUT2D eigenvalue weighted by Gasteiger charge is -2.31. The zero-order valence-electron chi connectivity index (χ0n) is 19.7. The van der Waals surface area contributed by atoms with E-state index in [0.29, 0.717) is 19.4 Å². The summed E-state index contributed by atoms with van der Waals surface area (Å²) >= 11 is 0. The van der Waals surface area contributed by atoms with Crippen LogP contribution in [0, 0.1) is 5.92 Å².